The predicted octanol–water partition coefficient (Wildman–Crippen LogP) is 3.46. The molecule has 0 radical (unpaired) electrons. The van der Waals surface area contributed by atoms with Crippen molar-refractivity contribution in [3.8, 4) is 0 Å². The average Bonchev–Trinajstić information content (AvgIpc) is 2.97. The summed E-state index contributed by atoms with van der Waals surface area (Å²) in [4.78, 5) is 0. The molecule has 0 unspecified atom stereocenters. The number of hydrogen-bond acceptors (Lipinski definition) is 8. The van der Waals surface area contributed by atoms with E-state index in [1.54, 1.807) is 0 Å². The Morgan fingerprint density at radius 3 is 0.625 bits per heavy atom. The van der Waals surface area contributed by atoms with E-state index in [0.29, 0.717) is 0 Å². The maximum absolute atomic E-state index is 5.49. The number of rotatable bonds is 37. The standard InChI is InChI=1S/C32H74N8/c33-19-15-27-35-23-11-13-25-39-31-17-29-37-21-9-7-5-3-1-2-4-6-8-10-22-38-30-18-32-40-26-14-12-24-36-28-16-20-34/h35-40H,1-34H2. The Morgan fingerprint density at radius 1 is 0.200 bits per heavy atom. The van der Waals surface area contributed by atoms with Gasteiger partial charge in [0.25, 0.3) is 0 Å². The summed E-state index contributed by atoms with van der Waals surface area (Å²) in [5.41, 5.74) is 11.0. The molecule has 242 valence electrons. The first-order valence-corrected chi connectivity index (χ1v) is 17.6. The molecule has 8 heteroatoms. The van der Waals surface area contributed by atoms with E-state index in [-0.39, 0.29) is 0 Å². The minimum atomic E-state index is 0.789. The maximum atomic E-state index is 5.49. The normalized spacial score (nSPS) is 11.6. The minimum absolute atomic E-state index is 0.789. The monoisotopic (exact) mass is 571 g/mol. The van der Waals surface area contributed by atoms with Crippen LogP contribution in [0.5, 0.6) is 0 Å². The number of unbranched alkanes of at least 4 members (excludes halogenated alkanes) is 11. The van der Waals surface area contributed by atoms with Crippen molar-refractivity contribution in [2.45, 2.75) is 116 Å². The molecule has 0 amide bonds. The van der Waals surface area contributed by atoms with Crippen molar-refractivity contribution in [3.05, 3.63) is 0 Å². The van der Waals surface area contributed by atoms with E-state index in [1.165, 1.54) is 116 Å². The van der Waals surface area contributed by atoms with Crippen LogP contribution in [0.15, 0.2) is 0 Å². The first kappa shape index (κ1) is 39.7. The van der Waals surface area contributed by atoms with Crippen LogP contribution in [0.3, 0.4) is 0 Å². The molecule has 0 aliphatic carbocycles. The number of nitrogens with two attached hydrogens (primary N) is 2. The van der Waals surface area contributed by atoms with Crippen LogP contribution in [-0.2, 0) is 0 Å². The predicted molar refractivity (Wildman–Crippen MR) is 178 cm³/mol. The second-order valence-corrected chi connectivity index (χ2v) is 11.4. The van der Waals surface area contributed by atoms with Gasteiger partial charge in [-0.05, 0) is 156 Å². The molecule has 0 saturated heterocycles. The Kier molecular flexibility index (Phi) is 38.4. The molecule has 10 N–H and O–H groups in total. The summed E-state index contributed by atoms with van der Waals surface area (Å²) in [6.07, 6.45) is 23.6. The highest BCUT2D eigenvalue weighted by atomic mass is 14.9. The third kappa shape index (κ3) is 37.7. The first-order valence-electron chi connectivity index (χ1n) is 17.6. The lowest BCUT2D eigenvalue weighted by Crippen LogP contribution is -2.24. The quantitative estimate of drug-likeness (QED) is 0.0534. The van der Waals surface area contributed by atoms with Gasteiger partial charge < -0.3 is 43.4 Å². The fourth-order valence-electron chi connectivity index (χ4n) is 4.80. The fourth-order valence-corrected chi connectivity index (χ4v) is 4.80. The van der Waals surface area contributed by atoms with Crippen LogP contribution in [0.25, 0.3) is 0 Å². The van der Waals surface area contributed by atoms with Crippen molar-refractivity contribution < 1.29 is 0 Å². The minimum Gasteiger partial charge on any atom is -0.330 e. The van der Waals surface area contributed by atoms with E-state index in [4.69, 9.17) is 11.5 Å². The average molecular weight is 571 g/mol. The van der Waals surface area contributed by atoms with Gasteiger partial charge in [-0.3, -0.25) is 0 Å². The maximum Gasteiger partial charge on any atom is -0.00368 e. The first-order chi connectivity index (χ1) is 19.9. The highest BCUT2D eigenvalue weighted by molar-refractivity contribution is 4.57. The summed E-state index contributed by atoms with van der Waals surface area (Å²) in [5, 5.41) is 21.2. The SMILES string of the molecule is NCCCNCCCCNCCCNCCCCCCCCCCCCNCCCNCCCCNCCCN. The summed E-state index contributed by atoms with van der Waals surface area (Å²) in [6, 6.07) is 0. The molecule has 0 saturated carbocycles. The van der Waals surface area contributed by atoms with Crippen LogP contribution in [0, 0.1) is 0 Å². The van der Waals surface area contributed by atoms with Gasteiger partial charge in [0.05, 0.1) is 0 Å². The van der Waals surface area contributed by atoms with Gasteiger partial charge in [-0.2, -0.15) is 0 Å². The smallest absolute Gasteiger partial charge is 0.00368 e. The third-order valence-electron chi connectivity index (χ3n) is 7.40. The van der Waals surface area contributed by atoms with Crippen molar-refractivity contribution in [1.29, 1.82) is 0 Å². The van der Waals surface area contributed by atoms with E-state index in [9.17, 15) is 0 Å². The van der Waals surface area contributed by atoms with Crippen molar-refractivity contribution in [1.82, 2.24) is 31.9 Å². The van der Waals surface area contributed by atoms with Gasteiger partial charge in [-0.15, -0.1) is 0 Å². The van der Waals surface area contributed by atoms with E-state index >= 15 is 0 Å². The van der Waals surface area contributed by atoms with Crippen LogP contribution in [0.4, 0.5) is 0 Å². The summed E-state index contributed by atoms with van der Waals surface area (Å²) in [6.45, 7) is 15.2. The van der Waals surface area contributed by atoms with E-state index in [2.05, 4.69) is 31.9 Å². The van der Waals surface area contributed by atoms with Gasteiger partial charge in [-0.1, -0.05) is 51.4 Å². The Morgan fingerprint density at radius 2 is 0.375 bits per heavy atom. The van der Waals surface area contributed by atoms with Crippen LogP contribution in [-0.4, -0.2) is 91.6 Å². The topological polar surface area (TPSA) is 124 Å². The fraction of sp³-hybridized carbons (Fsp3) is 1.00. The van der Waals surface area contributed by atoms with Crippen molar-refractivity contribution in [2.75, 3.05) is 91.6 Å². The molecule has 0 rings (SSSR count). The molecule has 0 aromatic heterocycles. The number of hydrogen-bond donors (Lipinski definition) is 8. The van der Waals surface area contributed by atoms with Gasteiger partial charge in [-0.25, -0.2) is 0 Å². The van der Waals surface area contributed by atoms with Crippen molar-refractivity contribution in [3.63, 3.8) is 0 Å². The molecule has 0 aliphatic heterocycles. The van der Waals surface area contributed by atoms with Crippen LogP contribution < -0.4 is 43.4 Å². The Bertz CT molecular complexity index is 390. The zero-order valence-corrected chi connectivity index (χ0v) is 26.8. The largest absolute Gasteiger partial charge is 0.330 e. The lowest BCUT2D eigenvalue weighted by Gasteiger charge is -2.07. The zero-order chi connectivity index (χ0) is 28.9. The van der Waals surface area contributed by atoms with Crippen LogP contribution >= 0.6 is 0 Å². The second-order valence-electron chi connectivity index (χ2n) is 11.4. The molecule has 0 atom stereocenters. The van der Waals surface area contributed by atoms with Gasteiger partial charge in [0.15, 0.2) is 0 Å². The summed E-state index contributed by atoms with van der Waals surface area (Å²) < 4.78 is 0. The van der Waals surface area contributed by atoms with Gasteiger partial charge in [0.1, 0.15) is 0 Å². The highest BCUT2D eigenvalue weighted by Crippen LogP contribution is 2.10. The van der Waals surface area contributed by atoms with Gasteiger partial charge >= 0.3 is 0 Å². The molecule has 0 heterocycles. The molecular formula is C32H74N8. The Balaban J connectivity index is 3.01. The summed E-state index contributed by atoms with van der Waals surface area (Å²) >= 11 is 0. The van der Waals surface area contributed by atoms with Crippen molar-refractivity contribution in [2.24, 2.45) is 11.5 Å². The van der Waals surface area contributed by atoms with E-state index < -0.39 is 0 Å². The molecule has 0 fully saturated rings. The highest BCUT2D eigenvalue weighted by Gasteiger charge is 1.96. The molecule has 0 spiro atoms. The summed E-state index contributed by atoms with van der Waals surface area (Å²) in [7, 11) is 0. The van der Waals surface area contributed by atoms with Gasteiger partial charge in [0, 0.05) is 0 Å². The molecule has 0 aliphatic rings. The lowest BCUT2D eigenvalue weighted by molar-refractivity contribution is 0.522. The van der Waals surface area contributed by atoms with Crippen LogP contribution in [0.2, 0.25) is 0 Å². The van der Waals surface area contributed by atoms with Crippen LogP contribution in [0.1, 0.15) is 116 Å². The second kappa shape index (κ2) is 38.7. The van der Waals surface area contributed by atoms with Gasteiger partial charge in [0.2, 0.25) is 0 Å². The summed E-state index contributed by atoms with van der Waals surface area (Å²) in [5.74, 6) is 0. The van der Waals surface area contributed by atoms with E-state index in [1.807, 2.05) is 0 Å². The molecule has 0 bridgehead atoms. The Labute approximate surface area is 250 Å². The van der Waals surface area contributed by atoms with Crippen molar-refractivity contribution >= 4 is 0 Å². The number of nitrogens with one attached hydrogen (secondary N) is 6. The lowest BCUT2D eigenvalue weighted by atomic mass is 10.1. The molecule has 40 heavy (non-hydrogen) atoms. The molecule has 0 aromatic rings. The molecule has 0 aromatic carbocycles. The van der Waals surface area contributed by atoms with E-state index in [0.717, 1.165) is 91.4 Å². The zero-order valence-electron chi connectivity index (χ0n) is 26.8. The molecular weight excluding hydrogens is 496 g/mol. The third-order valence-corrected chi connectivity index (χ3v) is 7.40. The Hall–Kier alpha value is -0.320. The molecule has 8 nitrogen and oxygen atoms in total.